The monoisotopic (exact) mass is 399 g/mol. The fraction of sp³-hybridized carbons (Fsp3) is 0.692. The van der Waals surface area contributed by atoms with Crippen molar-refractivity contribution in [1.29, 1.82) is 0 Å². The Bertz CT molecular complexity index is 703. The number of thiazole rings is 1. The fourth-order valence-corrected chi connectivity index (χ4v) is 4.50. The molecule has 1 fully saturated rings. The van der Waals surface area contributed by atoms with Crippen LogP contribution in [0.2, 0.25) is 0 Å². The van der Waals surface area contributed by atoms with E-state index in [1.165, 1.54) is 4.31 Å². The number of sulfonamides is 1. The normalized spacial score (nSPS) is 18.5. The molecular formula is C13H20F3N5O2S2. The first-order valence-corrected chi connectivity index (χ1v) is 10.2. The van der Waals surface area contributed by atoms with Crippen molar-refractivity contribution in [2.75, 3.05) is 31.9 Å². The number of halogens is 3. The van der Waals surface area contributed by atoms with Crippen molar-refractivity contribution < 1.29 is 21.6 Å². The predicted molar refractivity (Wildman–Crippen MR) is 89.9 cm³/mol. The number of rotatable bonds is 6. The van der Waals surface area contributed by atoms with Gasteiger partial charge in [-0.1, -0.05) is 0 Å². The van der Waals surface area contributed by atoms with Crippen LogP contribution < -0.4 is 10.6 Å². The minimum atomic E-state index is -4.46. The van der Waals surface area contributed by atoms with Gasteiger partial charge in [0.2, 0.25) is 10.0 Å². The molecule has 2 N–H and O–H groups in total. The highest BCUT2D eigenvalue weighted by Crippen LogP contribution is 2.30. The summed E-state index contributed by atoms with van der Waals surface area (Å²) in [7, 11) is -3.15. The number of alkyl halides is 3. The van der Waals surface area contributed by atoms with Gasteiger partial charge in [-0.15, -0.1) is 11.3 Å². The van der Waals surface area contributed by atoms with Crippen molar-refractivity contribution in [2.45, 2.75) is 26.1 Å². The van der Waals surface area contributed by atoms with Crippen molar-refractivity contribution in [3.8, 4) is 0 Å². The molecule has 1 aromatic rings. The summed E-state index contributed by atoms with van der Waals surface area (Å²) in [4.78, 5) is 7.71. The highest BCUT2D eigenvalue weighted by molar-refractivity contribution is 7.89. The average Bonchev–Trinajstić information content (AvgIpc) is 3.11. The molecule has 0 aromatic carbocycles. The van der Waals surface area contributed by atoms with Crippen LogP contribution in [-0.2, 0) is 22.7 Å². The summed E-state index contributed by atoms with van der Waals surface area (Å²) in [5.41, 5.74) is -0.917. The average molecular weight is 399 g/mol. The van der Waals surface area contributed by atoms with Crippen LogP contribution in [0.5, 0.6) is 0 Å². The second-order valence-corrected chi connectivity index (χ2v) is 8.35. The lowest BCUT2D eigenvalue weighted by atomic mass is 10.5. The van der Waals surface area contributed by atoms with Crippen LogP contribution in [0.25, 0.3) is 0 Å². The van der Waals surface area contributed by atoms with Gasteiger partial charge < -0.3 is 10.6 Å². The minimum absolute atomic E-state index is 0.0120. The molecule has 0 radical (unpaired) electrons. The third-order valence-electron chi connectivity index (χ3n) is 3.42. The van der Waals surface area contributed by atoms with E-state index in [9.17, 15) is 21.6 Å². The van der Waals surface area contributed by atoms with Gasteiger partial charge in [0, 0.05) is 31.6 Å². The predicted octanol–water partition coefficient (Wildman–Crippen LogP) is 1.25. The maximum Gasteiger partial charge on any atom is 0.434 e. The maximum atomic E-state index is 12.5. The molecule has 1 aliphatic rings. The van der Waals surface area contributed by atoms with Gasteiger partial charge >= 0.3 is 6.18 Å². The molecule has 1 aliphatic heterocycles. The number of nitrogens with zero attached hydrogens (tertiary/aromatic N) is 3. The van der Waals surface area contributed by atoms with Crippen molar-refractivity contribution in [1.82, 2.24) is 19.9 Å². The fourth-order valence-electron chi connectivity index (χ4n) is 2.24. The first-order chi connectivity index (χ1) is 11.7. The molecule has 0 unspecified atom stereocenters. The van der Waals surface area contributed by atoms with E-state index in [2.05, 4.69) is 20.6 Å². The molecule has 0 amide bonds. The third kappa shape index (κ3) is 5.82. The zero-order chi connectivity index (χ0) is 18.5. The van der Waals surface area contributed by atoms with E-state index in [0.29, 0.717) is 38.6 Å². The largest absolute Gasteiger partial charge is 0.434 e. The summed E-state index contributed by atoms with van der Waals surface area (Å²) in [6.07, 6.45) is -3.83. The van der Waals surface area contributed by atoms with Crippen LogP contribution >= 0.6 is 11.3 Å². The van der Waals surface area contributed by atoms with Crippen molar-refractivity contribution in [3.63, 3.8) is 0 Å². The first-order valence-electron chi connectivity index (χ1n) is 7.74. The number of aliphatic imine (C=N–C) groups is 1. The molecule has 7 nitrogen and oxygen atoms in total. The smallest absolute Gasteiger partial charge is 0.357 e. The molecule has 2 rings (SSSR count). The van der Waals surface area contributed by atoms with Crippen molar-refractivity contribution in [2.24, 2.45) is 4.99 Å². The van der Waals surface area contributed by atoms with E-state index < -0.39 is 21.9 Å². The third-order valence-corrected chi connectivity index (χ3v) is 6.21. The molecule has 1 saturated heterocycles. The van der Waals surface area contributed by atoms with Crippen LogP contribution in [0.3, 0.4) is 0 Å². The number of hydrogen-bond donors (Lipinski definition) is 2. The molecule has 0 aliphatic carbocycles. The Kier molecular flexibility index (Phi) is 6.63. The SMILES string of the molecule is CCNC(=NCc1nc(C(F)(F)F)cs1)NCCN1CCCS1(=O)=O. The molecule has 25 heavy (non-hydrogen) atoms. The highest BCUT2D eigenvalue weighted by atomic mass is 32.2. The zero-order valence-corrected chi connectivity index (χ0v) is 15.3. The van der Waals surface area contributed by atoms with Crippen molar-refractivity contribution in [3.05, 3.63) is 16.1 Å². The van der Waals surface area contributed by atoms with Crippen LogP contribution in [0.15, 0.2) is 10.4 Å². The van der Waals surface area contributed by atoms with Gasteiger partial charge in [-0.25, -0.2) is 22.7 Å². The molecule has 0 spiro atoms. The molecule has 2 heterocycles. The Balaban J connectivity index is 1.89. The van der Waals surface area contributed by atoms with E-state index in [1.54, 1.807) is 0 Å². The van der Waals surface area contributed by atoms with Gasteiger partial charge in [0.05, 0.1) is 12.3 Å². The number of guanidine groups is 1. The van der Waals surface area contributed by atoms with E-state index in [-0.39, 0.29) is 17.3 Å². The maximum absolute atomic E-state index is 12.5. The summed E-state index contributed by atoms with van der Waals surface area (Å²) < 4.78 is 62.4. The second kappa shape index (κ2) is 8.32. The van der Waals surface area contributed by atoms with Gasteiger partial charge in [0.25, 0.3) is 0 Å². The van der Waals surface area contributed by atoms with Gasteiger partial charge in [-0.2, -0.15) is 13.2 Å². The molecule has 0 saturated carbocycles. The summed E-state index contributed by atoms with van der Waals surface area (Å²) in [6.45, 7) is 3.63. The van der Waals surface area contributed by atoms with Gasteiger partial charge in [-0.05, 0) is 13.3 Å². The molecule has 0 atom stereocenters. The quantitative estimate of drug-likeness (QED) is 0.556. The molecule has 142 valence electrons. The minimum Gasteiger partial charge on any atom is -0.357 e. The first kappa shape index (κ1) is 19.9. The molecule has 12 heteroatoms. The topological polar surface area (TPSA) is 86.7 Å². The molecule has 0 bridgehead atoms. The lowest BCUT2D eigenvalue weighted by molar-refractivity contribution is -0.140. The van der Waals surface area contributed by atoms with Gasteiger partial charge in [-0.3, -0.25) is 0 Å². The zero-order valence-electron chi connectivity index (χ0n) is 13.6. The Hall–Kier alpha value is -1.40. The van der Waals surface area contributed by atoms with Crippen LogP contribution in [0.1, 0.15) is 24.0 Å². The van der Waals surface area contributed by atoms with Gasteiger partial charge in [0.1, 0.15) is 5.01 Å². The van der Waals surface area contributed by atoms with E-state index in [1.807, 2.05) is 6.92 Å². The summed E-state index contributed by atoms with van der Waals surface area (Å²) in [6, 6.07) is 0. The number of hydrogen-bond acceptors (Lipinski definition) is 5. The highest BCUT2D eigenvalue weighted by Gasteiger charge is 2.33. The summed E-state index contributed by atoms with van der Waals surface area (Å²) >= 11 is 0.899. The van der Waals surface area contributed by atoms with E-state index in [4.69, 9.17) is 0 Å². The second-order valence-electron chi connectivity index (χ2n) is 5.31. The molecular weight excluding hydrogens is 379 g/mol. The molecule has 1 aromatic heterocycles. The summed E-state index contributed by atoms with van der Waals surface area (Å²) in [5, 5.41) is 7.16. The Morgan fingerprint density at radius 3 is 2.76 bits per heavy atom. The van der Waals surface area contributed by atoms with Crippen LogP contribution in [0, 0.1) is 0 Å². The lowest BCUT2D eigenvalue weighted by Gasteiger charge is -2.16. The standard InChI is InChI=1S/C13H20F3N5O2S2/c1-2-17-12(18-4-6-21-5-3-7-25(21,22)23)19-8-11-20-10(9-24-11)13(14,15)16/h9H,2-8H2,1H3,(H2,17,18,19). The van der Waals surface area contributed by atoms with Gasteiger partial charge in [0.15, 0.2) is 11.7 Å². The van der Waals surface area contributed by atoms with E-state index in [0.717, 1.165) is 16.7 Å². The van der Waals surface area contributed by atoms with E-state index >= 15 is 0 Å². The lowest BCUT2D eigenvalue weighted by Crippen LogP contribution is -2.42. The number of aromatic nitrogens is 1. The number of nitrogens with one attached hydrogen (secondary N) is 2. The Morgan fingerprint density at radius 2 is 2.20 bits per heavy atom. The Morgan fingerprint density at radius 1 is 1.44 bits per heavy atom. The Labute approximate surface area is 148 Å². The van der Waals surface area contributed by atoms with Crippen LogP contribution in [0.4, 0.5) is 13.2 Å². The summed E-state index contributed by atoms with van der Waals surface area (Å²) in [5.74, 6) is 0.579. The van der Waals surface area contributed by atoms with Crippen molar-refractivity contribution >= 4 is 27.3 Å². The van der Waals surface area contributed by atoms with Crippen LogP contribution in [-0.4, -0.2) is 55.6 Å².